The van der Waals surface area contributed by atoms with E-state index in [-0.39, 0.29) is 11.3 Å². The van der Waals surface area contributed by atoms with E-state index in [0.717, 1.165) is 0 Å². The fourth-order valence-corrected chi connectivity index (χ4v) is 2.19. The van der Waals surface area contributed by atoms with Crippen LogP contribution in [-0.2, 0) is 0 Å². The van der Waals surface area contributed by atoms with Crippen molar-refractivity contribution < 1.29 is 24.2 Å². The number of ether oxygens (including phenoxy) is 2. The van der Waals surface area contributed by atoms with E-state index in [4.69, 9.17) is 14.6 Å². The third kappa shape index (κ3) is 3.61. The van der Waals surface area contributed by atoms with Gasteiger partial charge in [0.25, 0.3) is 0 Å². The average Bonchev–Trinajstić information content (AvgIpc) is 2.47. The van der Waals surface area contributed by atoms with Crippen molar-refractivity contribution in [2.24, 2.45) is 0 Å². The van der Waals surface area contributed by atoms with Crippen LogP contribution in [0.4, 0.5) is 0 Å². The number of carbonyl (C=O) groups is 2. The highest BCUT2D eigenvalue weighted by Gasteiger charge is 2.12. The fraction of sp³-hybridized carbons (Fsp3) is 0.0667. The molecule has 0 saturated carbocycles. The van der Waals surface area contributed by atoms with Crippen LogP contribution in [0.2, 0.25) is 0 Å². The summed E-state index contributed by atoms with van der Waals surface area (Å²) in [6.45, 7) is 0. The second-order valence-electron chi connectivity index (χ2n) is 4.07. The minimum absolute atomic E-state index is 0.0520. The number of esters is 1. The molecule has 0 atom stereocenters. The van der Waals surface area contributed by atoms with Gasteiger partial charge in [-0.15, -0.1) is 0 Å². The van der Waals surface area contributed by atoms with Crippen molar-refractivity contribution >= 4 is 27.9 Å². The van der Waals surface area contributed by atoms with E-state index < -0.39 is 11.9 Å². The summed E-state index contributed by atoms with van der Waals surface area (Å²) in [5.74, 6) is -0.896. The minimum Gasteiger partial charge on any atom is -0.496 e. The van der Waals surface area contributed by atoms with Gasteiger partial charge < -0.3 is 14.6 Å². The van der Waals surface area contributed by atoms with Crippen molar-refractivity contribution in [3.63, 3.8) is 0 Å². The predicted octanol–water partition coefficient (Wildman–Crippen LogP) is 3.38. The third-order valence-corrected chi connectivity index (χ3v) is 3.30. The molecule has 2 rings (SSSR count). The Hall–Kier alpha value is -2.34. The predicted molar refractivity (Wildman–Crippen MR) is 79.1 cm³/mol. The summed E-state index contributed by atoms with van der Waals surface area (Å²) in [6, 6.07) is 10.5. The van der Waals surface area contributed by atoms with Gasteiger partial charge in [0.1, 0.15) is 11.5 Å². The number of carboxylic acid groups (broad SMARTS) is 1. The summed E-state index contributed by atoms with van der Waals surface area (Å²) in [7, 11) is 1.52. The van der Waals surface area contributed by atoms with Crippen LogP contribution >= 0.6 is 15.9 Å². The zero-order valence-electron chi connectivity index (χ0n) is 11.0. The molecule has 0 saturated heterocycles. The molecule has 108 valence electrons. The van der Waals surface area contributed by atoms with Crippen LogP contribution in [0.1, 0.15) is 20.7 Å². The van der Waals surface area contributed by atoms with E-state index in [1.54, 1.807) is 18.2 Å². The number of benzene rings is 2. The zero-order chi connectivity index (χ0) is 15.4. The molecule has 2 aromatic rings. The van der Waals surface area contributed by atoms with Crippen LogP contribution in [0.15, 0.2) is 46.9 Å². The van der Waals surface area contributed by atoms with E-state index in [0.29, 0.717) is 15.8 Å². The number of carbonyl (C=O) groups excluding carboxylic acids is 1. The molecule has 0 heterocycles. The van der Waals surface area contributed by atoms with Gasteiger partial charge in [-0.2, -0.15) is 0 Å². The molecule has 0 aliphatic heterocycles. The van der Waals surface area contributed by atoms with Gasteiger partial charge >= 0.3 is 11.9 Å². The normalized spacial score (nSPS) is 10.0. The minimum atomic E-state index is -1.08. The first-order valence-electron chi connectivity index (χ1n) is 5.90. The molecule has 1 N–H and O–H groups in total. The monoisotopic (exact) mass is 350 g/mol. The van der Waals surface area contributed by atoms with Crippen molar-refractivity contribution in [3.8, 4) is 11.5 Å². The molecule has 0 fully saturated rings. The smallest absolute Gasteiger partial charge is 0.343 e. The lowest BCUT2D eigenvalue weighted by Crippen LogP contribution is -2.09. The molecule has 2 aromatic carbocycles. The van der Waals surface area contributed by atoms with Crippen LogP contribution in [0.5, 0.6) is 11.5 Å². The topological polar surface area (TPSA) is 72.8 Å². The lowest BCUT2D eigenvalue weighted by molar-refractivity contribution is 0.0687. The maximum absolute atomic E-state index is 12.0. The lowest BCUT2D eigenvalue weighted by atomic mass is 10.2. The van der Waals surface area contributed by atoms with Crippen molar-refractivity contribution in [2.45, 2.75) is 0 Å². The van der Waals surface area contributed by atoms with E-state index >= 15 is 0 Å². The summed E-state index contributed by atoms with van der Waals surface area (Å²) in [6.07, 6.45) is 0. The Bertz CT molecular complexity index is 696. The molecular formula is C15H11BrO5. The molecular weight excluding hydrogens is 340 g/mol. The van der Waals surface area contributed by atoms with E-state index in [1.165, 1.54) is 31.4 Å². The van der Waals surface area contributed by atoms with Crippen LogP contribution < -0.4 is 9.47 Å². The number of carboxylic acids is 1. The largest absolute Gasteiger partial charge is 0.496 e. The van der Waals surface area contributed by atoms with E-state index in [9.17, 15) is 9.59 Å². The average molecular weight is 351 g/mol. The van der Waals surface area contributed by atoms with Gasteiger partial charge in [0.2, 0.25) is 0 Å². The Morgan fingerprint density at radius 3 is 2.48 bits per heavy atom. The molecule has 0 radical (unpaired) electrons. The van der Waals surface area contributed by atoms with E-state index in [2.05, 4.69) is 15.9 Å². The van der Waals surface area contributed by atoms with Crippen molar-refractivity contribution in [2.75, 3.05) is 7.11 Å². The SMILES string of the molecule is COc1ccc(C(=O)Oc2cccc(C(=O)O)c2)cc1Br. The first-order valence-corrected chi connectivity index (χ1v) is 6.69. The Kier molecular flexibility index (Phi) is 4.59. The van der Waals surface area contributed by atoms with Gasteiger partial charge in [-0.25, -0.2) is 9.59 Å². The number of hydrogen-bond donors (Lipinski definition) is 1. The van der Waals surface area contributed by atoms with Gasteiger partial charge in [-0.3, -0.25) is 0 Å². The number of halogens is 1. The summed E-state index contributed by atoms with van der Waals surface area (Å²) in [5.41, 5.74) is 0.375. The Morgan fingerprint density at radius 1 is 1.10 bits per heavy atom. The van der Waals surface area contributed by atoms with Gasteiger partial charge in [-0.1, -0.05) is 6.07 Å². The quantitative estimate of drug-likeness (QED) is 0.675. The number of methoxy groups -OCH3 is 1. The first-order chi connectivity index (χ1) is 10.0. The molecule has 5 nitrogen and oxygen atoms in total. The Labute approximate surface area is 129 Å². The number of aromatic carboxylic acids is 1. The second-order valence-corrected chi connectivity index (χ2v) is 4.93. The highest BCUT2D eigenvalue weighted by molar-refractivity contribution is 9.10. The van der Waals surface area contributed by atoms with Crippen LogP contribution in [0, 0.1) is 0 Å². The Morgan fingerprint density at radius 2 is 1.86 bits per heavy atom. The molecule has 0 unspecified atom stereocenters. The molecule has 0 aromatic heterocycles. The van der Waals surface area contributed by atoms with Crippen molar-refractivity contribution in [1.82, 2.24) is 0 Å². The summed E-state index contributed by atoms with van der Waals surface area (Å²) >= 11 is 3.28. The maximum Gasteiger partial charge on any atom is 0.343 e. The molecule has 0 bridgehead atoms. The van der Waals surface area contributed by atoms with Crippen LogP contribution in [-0.4, -0.2) is 24.2 Å². The zero-order valence-corrected chi connectivity index (χ0v) is 12.6. The highest BCUT2D eigenvalue weighted by atomic mass is 79.9. The molecule has 6 heteroatoms. The number of rotatable bonds is 4. The molecule has 21 heavy (non-hydrogen) atoms. The molecule has 0 amide bonds. The highest BCUT2D eigenvalue weighted by Crippen LogP contribution is 2.26. The third-order valence-electron chi connectivity index (χ3n) is 2.68. The maximum atomic E-state index is 12.0. The summed E-state index contributed by atoms with van der Waals surface area (Å²) in [4.78, 5) is 22.9. The summed E-state index contributed by atoms with van der Waals surface area (Å²) < 4.78 is 10.9. The van der Waals surface area contributed by atoms with Gasteiger partial charge in [0.15, 0.2) is 0 Å². The Balaban J connectivity index is 2.20. The summed E-state index contributed by atoms with van der Waals surface area (Å²) in [5, 5.41) is 8.89. The lowest BCUT2D eigenvalue weighted by Gasteiger charge is -2.07. The van der Waals surface area contributed by atoms with Crippen molar-refractivity contribution in [1.29, 1.82) is 0 Å². The fourth-order valence-electron chi connectivity index (χ4n) is 1.65. The molecule has 0 aliphatic rings. The standard InChI is InChI=1S/C15H11BrO5/c1-20-13-6-5-10(8-12(13)16)15(19)21-11-4-2-3-9(7-11)14(17)18/h2-8H,1H3,(H,17,18). The molecule has 0 aliphatic carbocycles. The van der Waals surface area contributed by atoms with E-state index in [1.807, 2.05) is 0 Å². The van der Waals surface area contributed by atoms with Crippen LogP contribution in [0.3, 0.4) is 0 Å². The van der Waals surface area contributed by atoms with Crippen molar-refractivity contribution in [3.05, 3.63) is 58.1 Å². The van der Waals surface area contributed by atoms with Gasteiger partial charge in [-0.05, 0) is 52.3 Å². The molecule has 0 spiro atoms. The number of hydrogen-bond acceptors (Lipinski definition) is 4. The van der Waals surface area contributed by atoms with Gasteiger partial charge in [0.05, 0.1) is 22.7 Å². The second kappa shape index (κ2) is 6.41. The van der Waals surface area contributed by atoms with Gasteiger partial charge in [0, 0.05) is 0 Å². The first kappa shape index (κ1) is 15.1. The van der Waals surface area contributed by atoms with Crippen LogP contribution in [0.25, 0.3) is 0 Å².